The summed E-state index contributed by atoms with van der Waals surface area (Å²) in [6.45, 7) is 3.48. The molecule has 1 aliphatic rings. The molecule has 0 spiro atoms. The largest absolute Gasteiger partial charge is 0.380 e. The second-order valence-electron chi connectivity index (χ2n) is 5.59. The number of amides is 1. The molecule has 4 heteroatoms. The van der Waals surface area contributed by atoms with Crippen LogP contribution in [0.4, 0.5) is 0 Å². The lowest BCUT2D eigenvalue weighted by molar-refractivity contribution is -0.118. The van der Waals surface area contributed by atoms with Gasteiger partial charge in [-0.25, -0.2) is 0 Å². The summed E-state index contributed by atoms with van der Waals surface area (Å²) in [5.74, 6) is 1.41. The molecular weight excluding hydrogens is 228 g/mol. The zero-order valence-corrected chi connectivity index (χ0v) is 11.6. The van der Waals surface area contributed by atoms with Gasteiger partial charge in [0, 0.05) is 19.1 Å². The molecule has 0 aliphatic heterocycles. The molecule has 1 fully saturated rings. The summed E-state index contributed by atoms with van der Waals surface area (Å²) in [6, 6.07) is -0.252. The average Bonchev–Trinajstić information content (AvgIpc) is 2.34. The quantitative estimate of drug-likeness (QED) is 0.650. The monoisotopic (exact) mass is 256 g/mol. The zero-order valence-electron chi connectivity index (χ0n) is 11.6. The molecule has 1 amide bonds. The van der Waals surface area contributed by atoms with E-state index in [1.165, 1.54) is 32.1 Å². The van der Waals surface area contributed by atoms with Crippen molar-refractivity contribution in [1.29, 1.82) is 0 Å². The van der Waals surface area contributed by atoms with Crippen LogP contribution in [-0.2, 0) is 9.53 Å². The van der Waals surface area contributed by atoms with E-state index in [1.54, 1.807) is 0 Å². The van der Waals surface area contributed by atoms with E-state index >= 15 is 0 Å². The molecule has 106 valence electrons. The molecular formula is C14H28N2O2. The van der Waals surface area contributed by atoms with Crippen LogP contribution >= 0.6 is 0 Å². The molecule has 0 aromatic carbocycles. The van der Waals surface area contributed by atoms with Gasteiger partial charge in [0.05, 0.1) is 6.61 Å². The van der Waals surface area contributed by atoms with Crippen molar-refractivity contribution < 1.29 is 9.53 Å². The molecule has 0 aromatic rings. The van der Waals surface area contributed by atoms with Gasteiger partial charge >= 0.3 is 0 Å². The molecule has 0 radical (unpaired) electrons. The number of rotatable bonds is 8. The van der Waals surface area contributed by atoms with Crippen molar-refractivity contribution in [1.82, 2.24) is 0 Å². The molecule has 1 aliphatic carbocycles. The van der Waals surface area contributed by atoms with Crippen LogP contribution in [0.25, 0.3) is 0 Å². The summed E-state index contributed by atoms with van der Waals surface area (Å²) in [5.41, 5.74) is 10.8. The maximum absolute atomic E-state index is 10.6. The van der Waals surface area contributed by atoms with Crippen molar-refractivity contribution in [3.8, 4) is 0 Å². The van der Waals surface area contributed by atoms with Gasteiger partial charge in [0.15, 0.2) is 0 Å². The first-order valence-electron chi connectivity index (χ1n) is 7.23. The van der Waals surface area contributed by atoms with Gasteiger partial charge in [-0.3, -0.25) is 4.79 Å². The minimum absolute atomic E-state index is 0.210. The van der Waals surface area contributed by atoms with Crippen molar-refractivity contribution in [3.63, 3.8) is 0 Å². The number of hydrogen-bond acceptors (Lipinski definition) is 3. The Balaban J connectivity index is 2.00. The van der Waals surface area contributed by atoms with E-state index in [1.807, 2.05) is 0 Å². The molecule has 0 bridgehead atoms. The van der Waals surface area contributed by atoms with Gasteiger partial charge in [-0.05, 0) is 18.3 Å². The molecule has 18 heavy (non-hydrogen) atoms. The maximum atomic E-state index is 10.6. The van der Waals surface area contributed by atoms with E-state index < -0.39 is 0 Å². The molecule has 0 saturated heterocycles. The van der Waals surface area contributed by atoms with E-state index in [0.717, 1.165) is 24.9 Å². The standard InChI is InChI=1S/C14H28N2O2/c1-2-11-3-5-12(6-4-11)7-8-18-10-13(15)9-14(16)17/h11-13H,2-10,15H2,1H3,(H2,16,17). The number of carbonyl (C=O) groups is 1. The van der Waals surface area contributed by atoms with Crippen LogP contribution in [0.3, 0.4) is 0 Å². The SMILES string of the molecule is CCC1CCC(CCOCC(N)CC(N)=O)CC1. The van der Waals surface area contributed by atoms with E-state index in [-0.39, 0.29) is 18.4 Å². The predicted molar refractivity (Wildman–Crippen MR) is 73.0 cm³/mol. The van der Waals surface area contributed by atoms with Gasteiger partial charge in [-0.2, -0.15) is 0 Å². The Morgan fingerprint density at radius 3 is 2.44 bits per heavy atom. The lowest BCUT2D eigenvalue weighted by atomic mass is 9.80. The maximum Gasteiger partial charge on any atom is 0.219 e. The van der Waals surface area contributed by atoms with Crippen molar-refractivity contribution in [2.75, 3.05) is 13.2 Å². The second kappa shape index (κ2) is 8.48. The summed E-state index contributed by atoms with van der Waals surface area (Å²) < 4.78 is 5.52. The van der Waals surface area contributed by atoms with Crippen molar-refractivity contribution in [3.05, 3.63) is 0 Å². The van der Waals surface area contributed by atoms with Crippen molar-refractivity contribution >= 4 is 5.91 Å². The Kier molecular flexibility index (Phi) is 7.28. The fraction of sp³-hybridized carbons (Fsp3) is 0.929. The van der Waals surface area contributed by atoms with Crippen LogP contribution in [-0.4, -0.2) is 25.2 Å². The lowest BCUT2D eigenvalue weighted by Crippen LogP contribution is -2.32. The van der Waals surface area contributed by atoms with E-state index in [4.69, 9.17) is 16.2 Å². The van der Waals surface area contributed by atoms with E-state index in [9.17, 15) is 4.79 Å². The number of nitrogens with two attached hydrogens (primary N) is 2. The predicted octanol–water partition coefficient (Wildman–Crippen LogP) is 1.81. The lowest BCUT2D eigenvalue weighted by Gasteiger charge is -2.27. The topological polar surface area (TPSA) is 78.3 Å². The van der Waals surface area contributed by atoms with E-state index in [0.29, 0.717) is 6.61 Å². The number of ether oxygens (including phenoxy) is 1. The third-order valence-corrected chi connectivity index (χ3v) is 4.01. The summed E-state index contributed by atoms with van der Waals surface area (Å²) in [5, 5.41) is 0. The highest BCUT2D eigenvalue weighted by atomic mass is 16.5. The second-order valence-corrected chi connectivity index (χ2v) is 5.59. The summed E-state index contributed by atoms with van der Waals surface area (Å²) in [7, 11) is 0. The van der Waals surface area contributed by atoms with Crippen molar-refractivity contribution in [2.24, 2.45) is 23.3 Å². The van der Waals surface area contributed by atoms with Gasteiger partial charge in [-0.15, -0.1) is 0 Å². The van der Waals surface area contributed by atoms with Gasteiger partial charge in [0.25, 0.3) is 0 Å². The van der Waals surface area contributed by atoms with Crippen LogP contribution in [0.15, 0.2) is 0 Å². The minimum atomic E-state index is -0.357. The van der Waals surface area contributed by atoms with Gasteiger partial charge in [0.1, 0.15) is 0 Å². The highest BCUT2D eigenvalue weighted by Gasteiger charge is 2.19. The van der Waals surface area contributed by atoms with Crippen LogP contribution in [0.5, 0.6) is 0 Å². The van der Waals surface area contributed by atoms with Crippen LogP contribution in [0.1, 0.15) is 51.9 Å². The Bertz CT molecular complexity index is 238. The molecule has 1 saturated carbocycles. The number of carbonyl (C=O) groups excluding carboxylic acids is 1. The zero-order chi connectivity index (χ0) is 13.4. The molecule has 1 unspecified atom stereocenters. The Labute approximate surface area is 110 Å². The van der Waals surface area contributed by atoms with Gasteiger partial charge in [0.2, 0.25) is 5.91 Å². The fourth-order valence-electron chi connectivity index (χ4n) is 2.73. The summed E-state index contributed by atoms with van der Waals surface area (Å²) in [4.78, 5) is 10.6. The highest BCUT2D eigenvalue weighted by Crippen LogP contribution is 2.32. The Hall–Kier alpha value is -0.610. The number of hydrogen-bond donors (Lipinski definition) is 2. The normalized spacial score (nSPS) is 25.9. The first-order chi connectivity index (χ1) is 8.61. The molecule has 4 nitrogen and oxygen atoms in total. The minimum Gasteiger partial charge on any atom is -0.380 e. The highest BCUT2D eigenvalue weighted by molar-refractivity contribution is 5.74. The average molecular weight is 256 g/mol. The third-order valence-electron chi connectivity index (χ3n) is 4.01. The summed E-state index contributed by atoms with van der Waals surface area (Å²) >= 11 is 0. The smallest absolute Gasteiger partial charge is 0.219 e. The van der Waals surface area contributed by atoms with E-state index in [2.05, 4.69) is 6.92 Å². The third kappa shape index (κ3) is 6.36. The Morgan fingerprint density at radius 1 is 1.28 bits per heavy atom. The van der Waals surface area contributed by atoms with Crippen LogP contribution < -0.4 is 11.5 Å². The Morgan fingerprint density at radius 2 is 1.89 bits per heavy atom. The molecule has 1 atom stereocenters. The van der Waals surface area contributed by atoms with Crippen LogP contribution in [0, 0.1) is 11.8 Å². The first kappa shape index (κ1) is 15.4. The summed E-state index contributed by atoms with van der Waals surface area (Å²) in [6.07, 6.45) is 8.10. The molecule has 0 heterocycles. The fourth-order valence-corrected chi connectivity index (χ4v) is 2.73. The first-order valence-corrected chi connectivity index (χ1v) is 7.23. The number of primary amides is 1. The molecule has 4 N–H and O–H groups in total. The molecule has 1 rings (SSSR count). The molecule has 0 aromatic heterocycles. The van der Waals surface area contributed by atoms with Crippen LogP contribution in [0.2, 0.25) is 0 Å². The van der Waals surface area contributed by atoms with Crippen molar-refractivity contribution in [2.45, 2.75) is 57.9 Å². The van der Waals surface area contributed by atoms with Gasteiger partial charge in [-0.1, -0.05) is 39.0 Å². The van der Waals surface area contributed by atoms with Gasteiger partial charge < -0.3 is 16.2 Å².